The quantitative estimate of drug-likeness (QED) is 0.341. The maximum atomic E-state index is 13.1. The highest BCUT2D eigenvalue weighted by molar-refractivity contribution is 6.31. The Labute approximate surface area is 210 Å². The predicted molar refractivity (Wildman–Crippen MR) is 140 cm³/mol. The fraction of sp³-hybridized carbons (Fsp3) is 0.250. The van der Waals surface area contributed by atoms with E-state index in [9.17, 15) is 9.59 Å². The van der Waals surface area contributed by atoms with Crippen molar-refractivity contribution in [3.63, 3.8) is 0 Å². The van der Waals surface area contributed by atoms with E-state index in [0.29, 0.717) is 29.3 Å². The number of carbonyl (C=O) groups excluding carboxylic acids is 2. The lowest BCUT2D eigenvalue weighted by molar-refractivity contribution is -0.140. The molecule has 1 aliphatic rings. The van der Waals surface area contributed by atoms with Crippen LogP contribution in [0.4, 0.5) is 11.4 Å². The minimum atomic E-state index is -0.569. The van der Waals surface area contributed by atoms with Crippen molar-refractivity contribution in [3.05, 3.63) is 94.0 Å². The molecule has 0 fully saturated rings. The zero-order chi connectivity index (χ0) is 24.9. The summed E-state index contributed by atoms with van der Waals surface area (Å²) in [6, 6.07) is 21.3. The lowest BCUT2D eigenvalue weighted by Crippen LogP contribution is -2.22. The molecule has 0 aliphatic carbocycles. The third kappa shape index (κ3) is 5.96. The maximum absolute atomic E-state index is 13.1. The number of rotatable bonds is 8. The van der Waals surface area contributed by atoms with E-state index in [4.69, 9.17) is 21.3 Å². The first-order chi connectivity index (χ1) is 16.8. The van der Waals surface area contributed by atoms with Gasteiger partial charge < -0.3 is 15.0 Å². The Hall–Kier alpha value is -3.48. The molecule has 0 saturated carbocycles. The molecule has 1 unspecified atom stereocenters. The Bertz CT molecular complexity index is 1270. The van der Waals surface area contributed by atoms with Gasteiger partial charge in [-0.15, -0.1) is 0 Å². The Morgan fingerprint density at radius 1 is 1.06 bits per heavy atom. The number of halogens is 1. The number of carbonyl (C=O) groups is 2. The smallest absolute Gasteiger partial charge is 0.305 e. The molecule has 6 nitrogen and oxygen atoms in total. The number of methoxy groups -OCH3 is 1. The lowest BCUT2D eigenvalue weighted by Gasteiger charge is -2.15. The van der Waals surface area contributed by atoms with Crippen LogP contribution < -0.4 is 5.32 Å². The minimum Gasteiger partial charge on any atom is -0.469 e. The number of hydrogen-bond acceptors (Lipinski definition) is 5. The molecule has 0 aromatic heterocycles. The normalized spacial score (nSPS) is 15.2. The molecule has 180 valence electrons. The zero-order valence-corrected chi connectivity index (χ0v) is 20.8. The second-order valence-electron chi connectivity index (χ2n) is 8.83. The fourth-order valence-electron chi connectivity index (χ4n) is 4.22. The van der Waals surface area contributed by atoms with E-state index in [1.165, 1.54) is 7.11 Å². The highest BCUT2D eigenvalue weighted by Gasteiger charge is 2.35. The van der Waals surface area contributed by atoms with Gasteiger partial charge in [0.05, 0.1) is 18.5 Å². The van der Waals surface area contributed by atoms with Crippen molar-refractivity contribution >= 4 is 40.6 Å². The number of amides is 1. The van der Waals surface area contributed by atoms with Gasteiger partial charge in [-0.25, -0.2) is 0 Å². The van der Waals surface area contributed by atoms with Crippen molar-refractivity contribution in [3.8, 4) is 0 Å². The van der Waals surface area contributed by atoms with E-state index in [2.05, 4.69) is 16.3 Å². The number of hydrogen-bond donors (Lipinski definition) is 1. The molecule has 3 aromatic rings. The summed E-state index contributed by atoms with van der Waals surface area (Å²) in [5, 5.41) is 3.51. The Morgan fingerprint density at radius 3 is 2.54 bits per heavy atom. The Morgan fingerprint density at radius 2 is 1.83 bits per heavy atom. The van der Waals surface area contributed by atoms with Crippen molar-refractivity contribution < 1.29 is 14.3 Å². The van der Waals surface area contributed by atoms with Crippen LogP contribution in [0, 0.1) is 0 Å². The van der Waals surface area contributed by atoms with Crippen LogP contribution in [0.5, 0.6) is 0 Å². The summed E-state index contributed by atoms with van der Waals surface area (Å²) in [5.41, 5.74) is 5.97. The largest absolute Gasteiger partial charge is 0.469 e. The van der Waals surface area contributed by atoms with Crippen molar-refractivity contribution in [2.45, 2.75) is 25.3 Å². The van der Waals surface area contributed by atoms with Crippen molar-refractivity contribution in [2.75, 3.05) is 26.5 Å². The second-order valence-corrected chi connectivity index (χ2v) is 9.27. The summed E-state index contributed by atoms with van der Waals surface area (Å²) in [4.78, 5) is 31.8. The van der Waals surface area contributed by atoms with Gasteiger partial charge >= 0.3 is 5.97 Å². The first kappa shape index (κ1) is 24.6. The summed E-state index contributed by atoms with van der Waals surface area (Å²) in [7, 11) is 5.43. The van der Waals surface area contributed by atoms with Crippen LogP contribution in [0.1, 0.15) is 34.6 Å². The van der Waals surface area contributed by atoms with Crippen LogP contribution in [0.25, 0.3) is 0 Å². The number of aliphatic imine (C=N–C) groups is 1. The molecule has 0 radical (unpaired) electrons. The molecule has 1 atom stereocenters. The molecule has 35 heavy (non-hydrogen) atoms. The topological polar surface area (TPSA) is 71.0 Å². The average molecular weight is 490 g/mol. The van der Waals surface area contributed by atoms with Gasteiger partial charge in [0.1, 0.15) is 5.92 Å². The van der Waals surface area contributed by atoms with E-state index >= 15 is 0 Å². The molecule has 1 N–H and O–H groups in total. The van der Waals surface area contributed by atoms with Crippen LogP contribution in [0.15, 0.2) is 71.7 Å². The molecule has 3 aromatic carbocycles. The summed E-state index contributed by atoms with van der Waals surface area (Å²) in [6.45, 7) is 0.791. The molecule has 1 amide bonds. The first-order valence-electron chi connectivity index (χ1n) is 11.4. The highest BCUT2D eigenvalue weighted by atomic mass is 35.5. The summed E-state index contributed by atoms with van der Waals surface area (Å²) < 4.78 is 4.74. The first-order valence-corrected chi connectivity index (χ1v) is 11.8. The van der Waals surface area contributed by atoms with Gasteiger partial charge in [-0.05, 0) is 67.0 Å². The molecule has 0 spiro atoms. The van der Waals surface area contributed by atoms with Gasteiger partial charge in [0, 0.05) is 23.7 Å². The monoisotopic (exact) mass is 489 g/mol. The van der Waals surface area contributed by atoms with Gasteiger partial charge in [0.15, 0.2) is 0 Å². The second kappa shape index (κ2) is 10.8. The van der Waals surface area contributed by atoms with Gasteiger partial charge in [0.2, 0.25) is 5.91 Å². The summed E-state index contributed by atoms with van der Waals surface area (Å²) >= 11 is 6.17. The van der Waals surface area contributed by atoms with Gasteiger partial charge in [-0.2, -0.15) is 0 Å². The number of aryl methyl sites for hydroxylation is 1. The third-order valence-electron chi connectivity index (χ3n) is 5.87. The molecule has 7 heteroatoms. The van der Waals surface area contributed by atoms with Crippen LogP contribution in [0.2, 0.25) is 5.02 Å². The average Bonchev–Trinajstić information content (AvgIpc) is 3.15. The number of nitrogens with one attached hydrogen (secondary N) is 1. The third-order valence-corrected chi connectivity index (χ3v) is 6.11. The molecule has 1 aliphatic heterocycles. The molecule has 4 rings (SSSR count). The van der Waals surface area contributed by atoms with E-state index in [1.807, 2.05) is 62.6 Å². The highest BCUT2D eigenvalue weighted by Crippen LogP contribution is 2.37. The van der Waals surface area contributed by atoms with Crippen molar-refractivity contribution in [1.29, 1.82) is 0 Å². The van der Waals surface area contributed by atoms with Gasteiger partial charge in [0.25, 0.3) is 0 Å². The molecular formula is C28H28ClN3O3. The maximum Gasteiger partial charge on any atom is 0.305 e. The van der Waals surface area contributed by atoms with Crippen LogP contribution in [-0.4, -0.2) is 43.7 Å². The number of anilines is 1. The number of fused-ring (bicyclic) bond motifs is 1. The van der Waals surface area contributed by atoms with Crippen LogP contribution in [0.3, 0.4) is 0 Å². The summed E-state index contributed by atoms with van der Waals surface area (Å²) in [6.07, 6.45) is 0.895. The Balaban J connectivity index is 1.75. The van der Waals surface area contributed by atoms with Gasteiger partial charge in [-0.3, -0.25) is 14.6 Å². The number of ether oxygens (including phenoxy) is 1. The number of esters is 1. The van der Waals surface area contributed by atoms with Crippen LogP contribution in [-0.2, 0) is 27.3 Å². The molecule has 0 bridgehead atoms. The Kier molecular flexibility index (Phi) is 7.63. The van der Waals surface area contributed by atoms with Crippen molar-refractivity contribution in [1.82, 2.24) is 4.90 Å². The van der Waals surface area contributed by atoms with E-state index in [1.54, 1.807) is 12.1 Å². The van der Waals surface area contributed by atoms with E-state index in [-0.39, 0.29) is 11.9 Å². The van der Waals surface area contributed by atoms with E-state index in [0.717, 1.165) is 34.5 Å². The number of benzene rings is 3. The SMILES string of the molecule is COC(=O)CCc1ccc(C(=Nc2cccc(CN(C)C)c2)C2C(=O)Nc3cc(Cl)ccc32)cc1. The lowest BCUT2D eigenvalue weighted by atomic mass is 9.90. The molecular weight excluding hydrogens is 462 g/mol. The fourth-order valence-corrected chi connectivity index (χ4v) is 4.39. The predicted octanol–water partition coefficient (Wildman–Crippen LogP) is 5.36. The number of nitrogens with zero attached hydrogens (tertiary/aromatic N) is 2. The van der Waals surface area contributed by atoms with Crippen molar-refractivity contribution in [2.24, 2.45) is 4.99 Å². The molecule has 1 heterocycles. The van der Waals surface area contributed by atoms with Crippen LogP contribution >= 0.6 is 11.6 Å². The minimum absolute atomic E-state index is 0.139. The van der Waals surface area contributed by atoms with E-state index < -0.39 is 5.92 Å². The van der Waals surface area contributed by atoms with Gasteiger partial charge in [-0.1, -0.05) is 54.1 Å². The standard InChI is InChI=1S/C28H28ClN3O3/c1-32(2)17-19-5-4-6-22(15-19)30-27(20-10-7-18(8-11-20)9-14-25(33)35-3)26-23-13-12-21(29)16-24(23)31-28(26)34/h4-8,10-13,15-16,26H,9,14,17H2,1-3H3,(H,31,34). The summed E-state index contributed by atoms with van der Waals surface area (Å²) in [5.74, 6) is -0.951. The zero-order valence-electron chi connectivity index (χ0n) is 20.0. The molecule has 0 saturated heterocycles.